The first-order valence-corrected chi connectivity index (χ1v) is 6.20. The molecule has 0 aromatic rings. The van der Waals surface area contributed by atoms with E-state index in [2.05, 4.69) is 0 Å². The van der Waals surface area contributed by atoms with Gasteiger partial charge in [0.1, 0.15) is 0 Å². The van der Waals surface area contributed by atoms with E-state index < -0.39 is 9.84 Å². The second-order valence-electron chi connectivity index (χ2n) is 3.70. The monoisotopic (exact) mass is 192 g/mol. The SMILES string of the molecule is C[C@H](O)CCC1CCS(=O)(=O)C1. The Labute approximate surface area is 73.7 Å². The van der Waals surface area contributed by atoms with Crippen LogP contribution < -0.4 is 0 Å². The zero-order valence-corrected chi connectivity index (χ0v) is 8.18. The molecule has 1 rings (SSSR count). The summed E-state index contributed by atoms with van der Waals surface area (Å²) in [7, 11) is -2.72. The Hall–Kier alpha value is -0.0900. The zero-order chi connectivity index (χ0) is 9.19. The van der Waals surface area contributed by atoms with E-state index in [1.54, 1.807) is 6.92 Å². The maximum Gasteiger partial charge on any atom is 0.150 e. The fourth-order valence-corrected chi connectivity index (χ4v) is 3.49. The highest BCUT2D eigenvalue weighted by atomic mass is 32.2. The first-order valence-electron chi connectivity index (χ1n) is 4.38. The minimum Gasteiger partial charge on any atom is -0.393 e. The van der Waals surface area contributed by atoms with Gasteiger partial charge in [-0.2, -0.15) is 0 Å². The molecule has 0 aromatic heterocycles. The van der Waals surface area contributed by atoms with Crippen molar-refractivity contribution in [2.24, 2.45) is 5.92 Å². The first-order chi connectivity index (χ1) is 5.49. The maximum atomic E-state index is 11.0. The number of sulfone groups is 1. The second kappa shape index (κ2) is 3.75. The van der Waals surface area contributed by atoms with Crippen molar-refractivity contribution in [3.05, 3.63) is 0 Å². The van der Waals surface area contributed by atoms with Crippen molar-refractivity contribution in [3.63, 3.8) is 0 Å². The van der Waals surface area contributed by atoms with Crippen LogP contribution in [0.4, 0.5) is 0 Å². The van der Waals surface area contributed by atoms with Crippen molar-refractivity contribution in [2.45, 2.75) is 32.3 Å². The quantitative estimate of drug-likeness (QED) is 0.711. The van der Waals surface area contributed by atoms with Gasteiger partial charge in [0, 0.05) is 0 Å². The molecule has 0 amide bonds. The van der Waals surface area contributed by atoms with Gasteiger partial charge in [0.25, 0.3) is 0 Å². The van der Waals surface area contributed by atoms with E-state index in [1.165, 1.54) is 0 Å². The van der Waals surface area contributed by atoms with E-state index in [-0.39, 0.29) is 6.10 Å². The summed E-state index contributed by atoms with van der Waals surface area (Å²) in [5.74, 6) is 0.974. The molecule has 4 heteroatoms. The third kappa shape index (κ3) is 3.11. The topological polar surface area (TPSA) is 54.4 Å². The Morgan fingerprint density at radius 1 is 1.58 bits per heavy atom. The van der Waals surface area contributed by atoms with Crippen molar-refractivity contribution in [1.29, 1.82) is 0 Å². The molecule has 1 N–H and O–H groups in total. The van der Waals surface area contributed by atoms with Crippen LogP contribution in [0.15, 0.2) is 0 Å². The fraction of sp³-hybridized carbons (Fsp3) is 1.00. The molecule has 0 saturated carbocycles. The van der Waals surface area contributed by atoms with Crippen molar-refractivity contribution in [2.75, 3.05) is 11.5 Å². The summed E-state index contributed by atoms with van der Waals surface area (Å²) in [5, 5.41) is 8.99. The van der Waals surface area contributed by atoms with E-state index in [4.69, 9.17) is 5.11 Å². The molecule has 72 valence electrons. The lowest BCUT2D eigenvalue weighted by molar-refractivity contribution is 0.175. The van der Waals surface area contributed by atoms with Crippen molar-refractivity contribution >= 4 is 9.84 Å². The minimum atomic E-state index is -2.72. The molecule has 0 aromatic carbocycles. The molecular weight excluding hydrogens is 176 g/mol. The third-order valence-electron chi connectivity index (χ3n) is 2.32. The van der Waals surface area contributed by atoms with Crippen molar-refractivity contribution in [1.82, 2.24) is 0 Å². The summed E-state index contributed by atoms with van der Waals surface area (Å²) in [5.41, 5.74) is 0. The highest BCUT2D eigenvalue weighted by Crippen LogP contribution is 2.23. The Kier molecular flexibility index (Phi) is 3.12. The number of hydrogen-bond acceptors (Lipinski definition) is 3. The minimum absolute atomic E-state index is 0.296. The predicted octanol–water partition coefficient (Wildman–Crippen LogP) is 0.582. The number of aliphatic hydroxyl groups excluding tert-OH is 1. The maximum absolute atomic E-state index is 11.0. The van der Waals surface area contributed by atoms with Gasteiger partial charge in [0.15, 0.2) is 9.84 Å². The van der Waals surface area contributed by atoms with Crippen LogP contribution in [0, 0.1) is 5.92 Å². The van der Waals surface area contributed by atoms with Crippen LogP contribution in [0.2, 0.25) is 0 Å². The smallest absolute Gasteiger partial charge is 0.150 e. The van der Waals surface area contributed by atoms with E-state index in [0.29, 0.717) is 17.4 Å². The summed E-state index contributed by atoms with van der Waals surface area (Å²) >= 11 is 0. The zero-order valence-electron chi connectivity index (χ0n) is 7.36. The van der Waals surface area contributed by atoms with Crippen LogP contribution in [0.25, 0.3) is 0 Å². The van der Waals surface area contributed by atoms with Gasteiger partial charge in [-0.1, -0.05) is 0 Å². The van der Waals surface area contributed by atoms with Crippen molar-refractivity contribution in [3.8, 4) is 0 Å². The van der Waals surface area contributed by atoms with Gasteiger partial charge in [-0.05, 0) is 32.1 Å². The predicted molar refractivity (Wildman–Crippen MR) is 47.7 cm³/mol. The first kappa shape index (κ1) is 9.99. The lowest BCUT2D eigenvalue weighted by Gasteiger charge is -2.08. The number of aliphatic hydroxyl groups is 1. The van der Waals surface area contributed by atoms with Gasteiger partial charge in [0.2, 0.25) is 0 Å². The average Bonchev–Trinajstić information content (AvgIpc) is 2.26. The summed E-state index contributed by atoms with van der Waals surface area (Å²) in [6.45, 7) is 1.74. The summed E-state index contributed by atoms with van der Waals surface area (Å²) in [6, 6.07) is 0. The molecule has 0 bridgehead atoms. The Morgan fingerprint density at radius 3 is 2.67 bits per heavy atom. The Morgan fingerprint density at radius 2 is 2.25 bits per heavy atom. The van der Waals surface area contributed by atoms with Gasteiger partial charge < -0.3 is 5.11 Å². The van der Waals surface area contributed by atoms with Gasteiger partial charge >= 0.3 is 0 Å². The molecule has 0 aliphatic carbocycles. The molecule has 1 heterocycles. The van der Waals surface area contributed by atoms with Gasteiger partial charge in [-0.25, -0.2) is 8.42 Å². The largest absolute Gasteiger partial charge is 0.393 e. The molecule has 1 saturated heterocycles. The molecule has 1 aliphatic rings. The highest BCUT2D eigenvalue weighted by molar-refractivity contribution is 7.91. The van der Waals surface area contributed by atoms with Gasteiger partial charge in [-0.3, -0.25) is 0 Å². The molecule has 3 nitrogen and oxygen atoms in total. The van der Waals surface area contributed by atoms with Crippen LogP contribution in [0.1, 0.15) is 26.2 Å². The van der Waals surface area contributed by atoms with Gasteiger partial charge in [-0.15, -0.1) is 0 Å². The molecule has 12 heavy (non-hydrogen) atoms. The number of hydrogen-bond donors (Lipinski definition) is 1. The lowest BCUT2D eigenvalue weighted by Crippen LogP contribution is -2.08. The van der Waals surface area contributed by atoms with Crippen LogP contribution >= 0.6 is 0 Å². The molecular formula is C8H16O3S. The van der Waals surface area contributed by atoms with Crippen LogP contribution in [-0.2, 0) is 9.84 Å². The Balaban J connectivity index is 2.29. The van der Waals surface area contributed by atoms with E-state index in [0.717, 1.165) is 19.3 Å². The molecule has 1 unspecified atom stereocenters. The second-order valence-corrected chi connectivity index (χ2v) is 5.92. The molecule has 1 fully saturated rings. The molecule has 0 spiro atoms. The van der Waals surface area contributed by atoms with E-state index in [1.807, 2.05) is 0 Å². The molecule has 0 radical (unpaired) electrons. The Bertz CT molecular complexity index is 231. The number of rotatable bonds is 3. The molecule has 1 aliphatic heterocycles. The van der Waals surface area contributed by atoms with Crippen LogP contribution in [0.5, 0.6) is 0 Å². The van der Waals surface area contributed by atoms with Crippen LogP contribution in [0.3, 0.4) is 0 Å². The summed E-state index contributed by atoms with van der Waals surface area (Å²) in [6.07, 6.45) is 2.06. The lowest BCUT2D eigenvalue weighted by atomic mass is 10.0. The van der Waals surface area contributed by atoms with Gasteiger partial charge in [0.05, 0.1) is 17.6 Å². The highest BCUT2D eigenvalue weighted by Gasteiger charge is 2.27. The average molecular weight is 192 g/mol. The van der Waals surface area contributed by atoms with Crippen LogP contribution in [-0.4, -0.2) is 31.1 Å². The molecule has 2 atom stereocenters. The van der Waals surface area contributed by atoms with Crippen molar-refractivity contribution < 1.29 is 13.5 Å². The fourth-order valence-electron chi connectivity index (χ4n) is 1.58. The third-order valence-corrected chi connectivity index (χ3v) is 4.16. The van der Waals surface area contributed by atoms with E-state index in [9.17, 15) is 8.42 Å². The summed E-state index contributed by atoms with van der Waals surface area (Å²) < 4.78 is 22.0. The normalized spacial score (nSPS) is 30.3. The summed E-state index contributed by atoms with van der Waals surface area (Å²) in [4.78, 5) is 0. The standard InChI is InChI=1S/C8H16O3S/c1-7(9)2-3-8-4-5-12(10,11)6-8/h7-9H,2-6H2,1H3/t7-,8?/m0/s1. The van der Waals surface area contributed by atoms with E-state index >= 15 is 0 Å².